The number of rotatable bonds is 2. The molecule has 1 atom stereocenters. The largest absolute Gasteiger partial charge is 0.178 e. The van der Waals surface area contributed by atoms with Crippen molar-refractivity contribution in [2.75, 3.05) is 0 Å². The average molecular weight is 189 g/mol. The van der Waals surface area contributed by atoms with Gasteiger partial charge in [0, 0.05) is 0 Å². The first kappa shape index (κ1) is 9.19. The molecule has 1 aliphatic carbocycles. The summed E-state index contributed by atoms with van der Waals surface area (Å²) in [6.07, 6.45) is 10.9. The zero-order chi connectivity index (χ0) is 9.97. The lowest BCUT2D eigenvalue weighted by Crippen LogP contribution is -2.14. The van der Waals surface area contributed by atoms with Crippen LogP contribution in [0.4, 0.5) is 0 Å². The molecule has 0 amide bonds. The van der Waals surface area contributed by atoms with E-state index >= 15 is 0 Å². The molecule has 0 aliphatic heterocycles. The van der Waals surface area contributed by atoms with Gasteiger partial charge < -0.3 is 0 Å². The molecule has 0 spiro atoms. The summed E-state index contributed by atoms with van der Waals surface area (Å²) in [6.45, 7) is 4.44. The Bertz CT molecular complexity index is 347. The van der Waals surface area contributed by atoms with E-state index in [0.717, 1.165) is 6.42 Å². The zero-order valence-corrected chi connectivity index (χ0v) is 8.59. The third-order valence-corrected chi connectivity index (χ3v) is 2.56. The highest BCUT2D eigenvalue weighted by Gasteiger charge is 2.15. The molecular weight excluding hydrogens is 174 g/mol. The molecule has 1 unspecified atom stereocenters. The Balaban J connectivity index is 2.14. The maximum Gasteiger partial charge on any atom is 0.0936 e. The molecule has 14 heavy (non-hydrogen) atoms. The Morgan fingerprint density at radius 1 is 1.36 bits per heavy atom. The lowest BCUT2D eigenvalue weighted by molar-refractivity contribution is 0.453. The summed E-state index contributed by atoms with van der Waals surface area (Å²) < 4.78 is 0. The second kappa shape index (κ2) is 3.78. The molecule has 0 aromatic carbocycles. The minimum atomic E-state index is 0.299. The molecule has 0 saturated carbocycles. The Hall–Kier alpha value is -1.38. The maximum atomic E-state index is 4.16. The van der Waals surface area contributed by atoms with Gasteiger partial charge in [-0.3, -0.25) is 0 Å². The molecule has 0 saturated heterocycles. The number of nitrogens with zero attached hydrogens (tertiary/aromatic N) is 3. The first-order valence-corrected chi connectivity index (χ1v) is 5.00. The van der Waals surface area contributed by atoms with Gasteiger partial charge >= 0.3 is 0 Å². The molecule has 74 valence electrons. The molecule has 1 aliphatic rings. The predicted octanol–water partition coefficient (Wildman–Crippen LogP) is 2.36. The number of hydrogen-bond donors (Lipinski definition) is 0. The van der Waals surface area contributed by atoms with E-state index in [4.69, 9.17) is 0 Å². The fourth-order valence-corrected chi connectivity index (χ4v) is 1.67. The van der Waals surface area contributed by atoms with E-state index < -0.39 is 0 Å². The minimum absolute atomic E-state index is 0.299. The molecular formula is C11H15N3. The lowest BCUT2D eigenvalue weighted by atomic mass is 9.92. The van der Waals surface area contributed by atoms with Gasteiger partial charge in [-0.05, 0) is 12.3 Å². The minimum Gasteiger partial charge on any atom is -0.178 e. The Kier molecular flexibility index (Phi) is 2.48. The fourth-order valence-electron chi connectivity index (χ4n) is 1.67. The van der Waals surface area contributed by atoms with Gasteiger partial charge in [-0.2, -0.15) is 15.0 Å². The van der Waals surface area contributed by atoms with Crippen molar-refractivity contribution in [1.82, 2.24) is 15.0 Å². The highest BCUT2D eigenvalue weighted by Crippen LogP contribution is 2.26. The van der Waals surface area contributed by atoms with E-state index in [1.807, 2.05) is 0 Å². The highest BCUT2D eigenvalue weighted by molar-refractivity contribution is 5.21. The van der Waals surface area contributed by atoms with Crippen molar-refractivity contribution in [3.05, 3.63) is 36.2 Å². The molecule has 1 heterocycles. The molecule has 0 N–H and O–H groups in total. The summed E-state index contributed by atoms with van der Waals surface area (Å²) in [5.74, 6) is 0.609. The van der Waals surface area contributed by atoms with E-state index in [1.54, 1.807) is 17.2 Å². The van der Waals surface area contributed by atoms with Crippen molar-refractivity contribution in [3.63, 3.8) is 0 Å². The van der Waals surface area contributed by atoms with Crippen molar-refractivity contribution >= 4 is 0 Å². The molecule has 3 heteroatoms. The molecule has 1 aromatic heterocycles. The fraction of sp³-hybridized carbons (Fsp3) is 0.455. The molecule has 0 radical (unpaired) electrons. The Labute approximate surface area is 84.1 Å². The lowest BCUT2D eigenvalue weighted by Gasteiger charge is -2.20. The maximum absolute atomic E-state index is 4.16. The first-order valence-electron chi connectivity index (χ1n) is 5.00. The van der Waals surface area contributed by atoms with Crippen LogP contribution in [0.2, 0.25) is 0 Å². The molecule has 0 fully saturated rings. The normalized spacial score (nSPS) is 21.4. The molecule has 3 nitrogen and oxygen atoms in total. The van der Waals surface area contributed by atoms with Gasteiger partial charge in [0.1, 0.15) is 0 Å². The summed E-state index contributed by atoms with van der Waals surface area (Å²) in [6, 6.07) is 0.299. The van der Waals surface area contributed by atoms with Crippen molar-refractivity contribution in [3.8, 4) is 0 Å². The van der Waals surface area contributed by atoms with Crippen LogP contribution in [-0.2, 0) is 0 Å². The summed E-state index contributed by atoms with van der Waals surface area (Å²) in [7, 11) is 0. The first-order chi connectivity index (χ1) is 6.77. The van der Waals surface area contributed by atoms with Gasteiger partial charge in [0.25, 0.3) is 0 Å². The van der Waals surface area contributed by atoms with Crippen molar-refractivity contribution in [2.24, 2.45) is 5.92 Å². The monoisotopic (exact) mass is 189 g/mol. The summed E-state index contributed by atoms with van der Waals surface area (Å²) in [5.41, 5.74) is 1.47. The van der Waals surface area contributed by atoms with E-state index in [9.17, 15) is 0 Å². The third kappa shape index (κ3) is 1.76. The van der Waals surface area contributed by atoms with E-state index in [1.165, 1.54) is 5.57 Å². The van der Waals surface area contributed by atoms with Crippen LogP contribution in [0.15, 0.2) is 36.2 Å². The van der Waals surface area contributed by atoms with Crippen molar-refractivity contribution in [1.29, 1.82) is 0 Å². The topological polar surface area (TPSA) is 30.7 Å². The van der Waals surface area contributed by atoms with Crippen LogP contribution in [-0.4, -0.2) is 15.0 Å². The van der Waals surface area contributed by atoms with Crippen LogP contribution in [0, 0.1) is 5.92 Å². The Morgan fingerprint density at radius 2 is 2.07 bits per heavy atom. The van der Waals surface area contributed by atoms with Crippen LogP contribution in [0.1, 0.15) is 26.3 Å². The van der Waals surface area contributed by atoms with Crippen molar-refractivity contribution < 1.29 is 0 Å². The number of hydrogen-bond acceptors (Lipinski definition) is 2. The standard InChI is InChI=1S/C11H15N3/c1-9(2)10-4-3-5-11(8-10)14-12-6-7-13-14/h3-7,9,11H,8H2,1-2H3. The van der Waals surface area contributed by atoms with E-state index in [-0.39, 0.29) is 0 Å². The number of allylic oxidation sites excluding steroid dienone is 4. The third-order valence-electron chi connectivity index (χ3n) is 2.56. The van der Waals surface area contributed by atoms with Crippen LogP contribution >= 0.6 is 0 Å². The zero-order valence-electron chi connectivity index (χ0n) is 8.59. The van der Waals surface area contributed by atoms with Gasteiger partial charge in [0.15, 0.2) is 0 Å². The average Bonchev–Trinajstić information content (AvgIpc) is 2.71. The van der Waals surface area contributed by atoms with Gasteiger partial charge in [0.2, 0.25) is 0 Å². The van der Waals surface area contributed by atoms with Crippen LogP contribution in [0.5, 0.6) is 0 Å². The SMILES string of the molecule is CC(C)C1=CC=CC(n2nccn2)C1. The Morgan fingerprint density at radius 3 is 2.71 bits per heavy atom. The quantitative estimate of drug-likeness (QED) is 0.715. The summed E-state index contributed by atoms with van der Waals surface area (Å²) >= 11 is 0. The summed E-state index contributed by atoms with van der Waals surface area (Å²) in [4.78, 5) is 1.77. The molecule has 1 aromatic rings. The smallest absolute Gasteiger partial charge is 0.0936 e. The van der Waals surface area contributed by atoms with E-state index in [0.29, 0.717) is 12.0 Å². The second-order valence-corrected chi connectivity index (χ2v) is 3.90. The summed E-state index contributed by atoms with van der Waals surface area (Å²) in [5, 5.41) is 8.32. The van der Waals surface area contributed by atoms with Gasteiger partial charge in [-0.1, -0.05) is 37.6 Å². The van der Waals surface area contributed by atoms with Crippen molar-refractivity contribution in [2.45, 2.75) is 26.3 Å². The van der Waals surface area contributed by atoms with Crippen LogP contribution in [0.3, 0.4) is 0 Å². The second-order valence-electron chi connectivity index (χ2n) is 3.90. The van der Waals surface area contributed by atoms with Gasteiger partial charge in [-0.25, -0.2) is 0 Å². The predicted molar refractivity (Wildman–Crippen MR) is 55.7 cm³/mol. The van der Waals surface area contributed by atoms with Gasteiger partial charge in [0.05, 0.1) is 18.4 Å². The van der Waals surface area contributed by atoms with Crippen LogP contribution < -0.4 is 0 Å². The molecule has 2 rings (SSSR count). The van der Waals surface area contributed by atoms with Gasteiger partial charge in [-0.15, -0.1) is 0 Å². The van der Waals surface area contributed by atoms with E-state index in [2.05, 4.69) is 42.3 Å². The number of aromatic nitrogens is 3. The highest BCUT2D eigenvalue weighted by atomic mass is 15.5. The molecule has 0 bridgehead atoms. The van der Waals surface area contributed by atoms with Crippen LogP contribution in [0.25, 0.3) is 0 Å².